The van der Waals surface area contributed by atoms with E-state index in [9.17, 15) is 4.39 Å². The van der Waals surface area contributed by atoms with Crippen molar-refractivity contribution in [3.8, 4) is 0 Å². The fourth-order valence-electron chi connectivity index (χ4n) is 2.12. The molecule has 21 heavy (non-hydrogen) atoms. The van der Waals surface area contributed by atoms with E-state index in [-0.39, 0.29) is 5.82 Å². The van der Waals surface area contributed by atoms with Crippen LogP contribution in [0.15, 0.2) is 24.5 Å². The lowest BCUT2D eigenvalue weighted by molar-refractivity contribution is 0.619. The van der Waals surface area contributed by atoms with Crippen LogP contribution in [0.2, 0.25) is 0 Å². The van der Waals surface area contributed by atoms with E-state index in [0.29, 0.717) is 5.56 Å². The van der Waals surface area contributed by atoms with E-state index in [1.807, 2.05) is 6.07 Å². The van der Waals surface area contributed by atoms with Gasteiger partial charge < -0.3 is 10.6 Å². The second kappa shape index (κ2) is 7.02. The van der Waals surface area contributed by atoms with Crippen molar-refractivity contribution < 1.29 is 4.39 Å². The van der Waals surface area contributed by atoms with Gasteiger partial charge in [-0.1, -0.05) is 19.9 Å². The van der Waals surface area contributed by atoms with Crippen LogP contribution in [0.1, 0.15) is 31.4 Å². The average Bonchev–Trinajstić information content (AvgIpc) is 2.50. The minimum atomic E-state index is -0.226. The standard InChI is InChI=1S/C16H21FN4/c1-4-9-18-15-12(5-2)16(20-10-19-15)21-14-8-6-7-13(17)11(14)3/h6-8,10H,4-5,9H2,1-3H3,(H2,18,19,20,21). The highest BCUT2D eigenvalue weighted by atomic mass is 19.1. The quantitative estimate of drug-likeness (QED) is 0.842. The van der Waals surface area contributed by atoms with Gasteiger partial charge in [-0.2, -0.15) is 0 Å². The second-order valence-corrected chi connectivity index (χ2v) is 4.87. The molecule has 5 heteroatoms. The lowest BCUT2D eigenvalue weighted by Gasteiger charge is -2.15. The molecule has 0 unspecified atom stereocenters. The molecule has 0 aliphatic heterocycles. The van der Waals surface area contributed by atoms with Gasteiger partial charge in [-0.25, -0.2) is 14.4 Å². The summed E-state index contributed by atoms with van der Waals surface area (Å²) in [7, 11) is 0. The molecule has 4 nitrogen and oxygen atoms in total. The highest BCUT2D eigenvalue weighted by Crippen LogP contribution is 2.26. The van der Waals surface area contributed by atoms with Crippen LogP contribution >= 0.6 is 0 Å². The van der Waals surface area contributed by atoms with Crippen molar-refractivity contribution in [2.75, 3.05) is 17.2 Å². The van der Waals surface area contributed by atoms with E-state index >= 15 is 0 Å². The number of halogens is 1. The molecule has 1 aromatic heterocycles. The van der Waals surface area contributed by atoms with Crippen molar-refractivity contribution in [2.24, 2.45) is 0 Å². The molecule has 0 aliphatic rings. The smallest absolute Gasteiger partial charge is 0.139 e. The summed E-state index contributed by atoms with van der Waals surface area (Å²) in [5.74, 6) is 1.34. The Hall–Kier alpha value is -2.17. The van der Waals surface area contributed by atoms with Gasteiger partial charge in [0.15, 0.2) is 0 Å². The Balaban J connectivity index is 2.33. The van der Waals surface area contributed by atoms with Gasteiger partial charge >= 0.3 is 0 Å². The van der Waals surface area contributed by atoms with Crippen molar-refractivity contribution in [2.45, 2.75) is 33.6 Å². The Bertz CT molecular complexity index is 613. The zero-order valence-corrected chi connectivity index (χ0v) is 12.7. The third-order valence-corrected chi connectivity index (χ3v) is 3.36. The Morgan fingerprint density at radius 1 is 1.14 bits per heavy atom. The maximum absolute atomic E-state index is 13.6. The molecule has 112 valence electrons. The number of aromatic nitrogens is 2. The third-order valence-electron chi connectivity index (χ3n) is 3.36. The van der Waals surface area contributed by atoms with Crippen LogP contribution in [0, 0.1) is 12.7 Å². The minimum absolute atomic E-state index is 0.226. The van der Waals surface area contributed by atoms with E-state index < -0.39 is 0 Å². The maximum Gasteiger partial charge on any atom is 0.139 e. The van der Waals surface area contributed by atoms with Crippen molar-refractivity contribution in [1.29, 1.82) is 0 Å². The number of nitrogens with one attached hydrogen (secondary N) is 2. The first-order valence-electron chi connectivity index (χ1n) is 7.27. The van der Waals surface area contributed by atoms with Gasteiger partial charge in [0.25, 0.3) is 0 Å². The minimum Gasteiger partial charge on any atom is -0.370 e. The first-order valence-corrected chi connectivity index (χ1v) is 7.27. The van der Waals surface area contributed by atoms with Gasteiger partial charge in [0.1, 0.15) is 23.8 Å². The zero-order valence-electron chi connectivity index (χ0n) is 12.7. The molecule has 1 aromatic carbocycles. The van der Waals surface area contributed by atoms with Gasteiger partial charge in [0, 0.05) is 23.4 Å². The molecule has 0 radical (unpaired) electrons. The molecule has 0 atom stereocenters. The predicted octanol–water partition coefficient (Wildman–Crippen LogP) is 4.05. The molecular weight excluding hydrogens is 267 g/mol. The van der Waals surface area contributed by atoms with Crippen LogP contribution < -0.4 is 10.6 Å². The van der Waals surface area contributed by atoms with Crippen LogP contribution in [0.25, 0.3) is 0 Å². The number of anilines is 3. The number of hydrogen-bond donors (Lipinski definition) is 2. The van der Waals surface area contributed by atoms with Gasteiger partial charge in [0.2, 0.25) is 0 Å². The number of benzene rings is 1. The van der Waals surface area contributed by atoms with Crippen LogP contribution in [0.4, 0.5) is 21.7 Å². The van der Waals surface area contributed by atoms with Crippen LogP contribution in [-0.2, 0) is 6.42 Å². The molecule has 2 aromatic rings. The summed E-state index contributed by atoms with van der Waals surface area (Å²) in [5.41, 5.74) is 2.32. The van der Waals surface area contributed by atoms with Crippen molar-refractivity contribution in [1.82, 2.24) is 9.97 Å². The molecule has 0 saturated heterocycles. The Morgan fingerprint density at radius 3 is 2.62 bits per heavy atom. The predicted molar refractivity (Wildman–Crippen MR) is 84.6 cm³/mol. The fraction of sp³-hybridized carbons (Fsp3) is 0.375. The summed E-state index contributed by atoms with van der Waals surface area (Å²) in [5, 5.41) is 6.52. The van der Waals surface area contributed by atoms with E-state index in [4.69, 9.17) is 0 Å². The average molecular weight is 288 g/mol. The van der Waals surface area contributed by atoms with Crippen LogP contribution in [-0.4, -0.2) is 16.5 Å². The molecule has 0 bridgehead atoms. The van der Waals surface area contributed by atoms with E-state index in [2.05, 4.69) is 34.4 Å². The van der Waals surface area contributed by atoms with Crippen LogP contribution in [0.3, 0.4) is 0 Å². The highest BCUT2D eigenvalue weighted by molar-refractivity contribution is 5.66. The van der Waals surface area contributed by atoms with E-state index in [1.165, 1.54) is 12.4 Å². The second-order valence-electron chi connectivity index (χ2n) is 4.87. The Labute approximate surface area is 124 Å². The molecule has 0 fully saturated rings. The normalized spacial score (nSPS) is 10.5. The fourth-order valence-corrected chi connectivity index (χ4v) is 2.12. The summed E-state index contributed by atoms with van der Waals surface area (Å²) in [6.45, 7) is 6.78. The summed E-state index contributed by atoms with van der Waals surface area (Å²) in [4.78, 5) is 8.59. The molecule has 0 spiro atoms. The topological polar surface area (TPSA) is 49.8 Å². The molecule has 0 amide bonds. The van der Waals surface area contributed by atoms with Gasteiger partial charge in [-0.05, 0) is 31.9 Å². The Morgan fingerprint density at radius 2 is 1.90 bits per heavy atom. The van der Waals surface area contributed by atoms with Crippen LogP contribution in [0.5, 0.6) is 0 Å². The SMILES string of the molecule is CCCNc1ncnc(Nc2cccc(F)c2C)c1CC. The first kappa shape index (κ1) is 15.2. The number of rotatable bonds is 6. The van der Waals surface area contributed by atoms with Crippen molar-refractivity contribution >= 4 is 17.3 Å². The lowest BCUT2D eigenvalue weighted by Crippen LogP contribution is -2.09. The van der Waals surface area contributed by atoms with Gasteiger partial charge in [-0.3, -0.25) is 0 Å². The summed E-state index contributed by atoms with van der Waals surface area (Å²) in [6, 6.07) is 4.99. The Kier molecular flexibility index (Phi) is 5.09. The highest BCUT2D eigenvalue weighted by Gasteiger charge is 2.11. The first-order chi connectivity index (χ1) is 10.2. The number of hydrogen-bond acceptors (Lipinski definition) is 4. The lowest BCUT2D eigenvalue weighted by atomic mass is 10.1. The van der Waals surface area contributed by atoms with E-state index in [1.54, 1.807) is 13.0 Å². The summed E-state index contributed by atoms with van der Waals surface area (Å²) in [6.07, 6.45) is 3.34. The summed E-state index contributed by atoms with van der Waals surface area (Å²) >= 11 is 0. The maximum atomic E-state index is 13.6. The monoisotopic (exact) mass is 288 g/mol. The molecule has 0 aliphatic carbocycles. The van der Waals surface area contributed by atoms with E-state index in [0.717, 1.165) is 42.3 Å². The summed E-state index contributed by atoms with van der Waals surface area (Å²) < 4.78 is 13.6. The van der Waals surface area contributed by atoms with Gasteiger partial charge in [-0.15, -0.1) is 0 Å². The van der Waals surface area contributed by atoms with Crippen molar-refractivity contribution in [3.05, 3.63) is 41.5 Å². The molecular formula is C16H21FN4. The van der Waals surface area contributed by atoms with Crippen molar-refractivity contribution in [3.63, 3.8) is 0 Å². The van der Waals surface area contributed by atoms with Gasteiger partial charge in [0.05, 0.1) is 0 Å². The molecule has 2 N–H and O–H groups in total. The number of nitrogens with zero attached hydrogens (tertiary/aromatic N) is 2. The molecule has 1 heterocycles. The molecule has 2 rings (SSSR count). The zero-order chi connectivity index (χ0) is 15.2. The largest absolute Gasteiger partial charge is 0.370 e. The third kappa shape index (κ3) is 3.48. The molecule has 0 saturated carbocycles.